The molecular weight excluding hydrogens is 331 g/mol. The molecule has 0 aliphatic rings. The van der Waals surface area contributed by atoms with Crippen LogP contribution in [0.1, 0.15) is 11.1 Å². The Bertz CT molecular complexity index is 907. The summed E-state index contributed by atoms with van der Waals surface area (Å²) in [5.41, 5.74) is 2.77. The minimum atomic E-state index is -0.563. The van der Waals surface area contributed by atoms with E-state index in [9.17, 15) is 0 Å². The highest BCUT2D eigenvalue weighted by Gasteiger charge is 2.19. The van der Waals surface area contributed by atoms with E-state index < -0.39 is 7.92 Å². The average Bonchev–Trinajstić information content (AvgIpc) is 2.72. The van der Waals surface area contributed by atoms with Gasteiger partial charge in [0.1, 0.15) is 0 Å². The maximum absolute atomic E-state index is 2.31. The Morgan fingerprint density at radius 3 is 1.50 bits per heavy atom. The van der Waals surface area contributed by atoms with E-state index >= 15 is 0 Å². The molecule has 0 heterocycles. The molecule has 0 bridgehead atoms. The number of benzene rings is 4. The molecular formula is C25H21P. The minimum Gasteiger partial charge on any atom is -0.0622 e. The second kappa shape index (κ2) is 8.13. The Morgan fingerprint density at radius 2 is 0.923 bits per heavy atom. The molecule has 0 amide bonds. The van der Waals surface area contributed by atoms with Crippen molar-refractivity contribution in [3.05, 3.63) is 126 Å². The summed E-state index contributed by atoms with van der Waals surface area (Å²) in [6, 6.07) is 41.5. The van der Waals surface area contributed by atoms with Gasteiger partial charge in [-0.3, -0.25) is 0 Å². The molecule has 4 aromatic carbocycles. The largest absolute Gasteiger partial charge is 0.0622 e. The van der Waals surface area contributed by atoms with E-state index in [-0.39, 0.29) is 0 Å². The van der Waals surface area contributed by atoms with Crippen molar-refractivity contribution in [3.8, 4) is 0 Å². The molecule has 4 rings (SSSR count). The van der Waals surface area contributed by atoms with Crippen LogP contribution in [0.15, 0.2) is 115 Å². The summed E-state index contributed by atoms with van der Waals surface area (Å²) < 4.78 is 0. The number of hydrogen-bond acceptors (Lipinski definition) is 0. The second-order valence-electron chi connectivity index (χ2n) is 6.30. The molecule has 1 heteroatoms. The summed E-state index contributed by atoms with van der Waals surface area (Å²) in [6.07, 6.45) is 0.968. The minimum absolute atomic E-state index is 0.563. The molecule has 126 valence electrons. The first kappa shape index (κ1) is 16.8. The van der Waals surface area contributed by atoms with Gasteiger partial charge in [-0.2, -0.15) is 0 Å². The zero-order valence-corrected chi connectivity index (χ0v) is 15.5. The van der Waals surface area contributed by atoms with Crippen LogP contribution in [0.2, 0.25) is 0 Å². The standard InChI is InChI=1S/C25H21P/c1-4-12-21(13-5-1)20-22-14-10-11-19-25(22)26(23-15-6-2-7-16-23)24-17-8-3-9-18-24/h1-19H,20H2. The Labute approximate surface area is 156 Å². The van der Waals surface area contributed by atoms with E-state index in [0.29, 0.717) is 0 Å². The first-order valence-electron chi connectivity index (χ1n) is 8.94. The Hall–Kier alpha value is -2.69. The Morgan fingerprint density at radius 1 is 0.462 bits per heavy atom. The van der Waals surface area contributed by atoms with Crippen molar-refractivity contribution in [1.82, 2.24) is 0 Å². The van der Waals surface area contributed by atoms with E-state index in [1.54, 1.807) is 0 Å². The van der Waals surface area contributed by atoms with Gasteiger partial charge in [0.25, 0.3) is 0 Å². The topological polar surface area (TPSA) is 0 Å². The quantitative estimate of drug-likeness (QED) is 0.442. The maximum atomic E-state index is 2.31. The van der Waals surface area contributed by atoms with Gasteiger partial charge < -0.3 is 0 Å². The normalized spacial score (nSPS) is 10.8. The fourth-order valence-corrected chi connectivity index (χ4v) is 5.75. The van der Waals surface area contributed by atoms with Gasteiger partial charge in [-0.1, -0.05) is 115 Å². The summed E-state index contributed by atoms with van der Waals surface area (Å²) in [4.78, 5) is 0. The van der Waals surface area contributed by atoms with Gasteiger partial charge >= 0.3 is 0 Å². The molecule has 0 saturated carbocycles. The summed E-state index contributed by atoms with van der Waals surface area (Å²) in [5, 5.41) is 4.24. The first-order valence-corrected chi connectivity index (χ1v) is 10.3. The highest BCUT2D eigenvalue weighted by molar-refractivity contribution is 7.79. The van der Waals surface area contributed by atoms with Crippen molar-refractivity contribution in [2.24, 2.45) is 0 Å². The van der Waals surface area contributed by atoms with Crippen LogP contribution in [-0.4, -0.2) is 0 Å². The molecule has 0 aliphatic carbocycles. The highest BCUT2D eigenvalue weighted by Crippen LogP contribution is 2.34. The van der Waals surface area contributed by atoms with Crippen LogP contribution in [0.25, 0.3) is 0 Å². The van der Waals surface area contributed by atoms with Gasteiger partial charge in [-0.15, -0.1) is 0 Å². The molecule has 4 aromatic rings. The van der Waals surface area contributed by atoms with Crippen LogP contribution in [0.3, 0.4) is 0 Å². The van der Waals surface area contributed by atoms with E-state index in [1.165, 1.54) is 27.0 Å². The van der Waals surface area contributed by atoms with Crippen molar-refractivity contribution in [2.45, 2.75) is 6.42 Å². The Balaban J connectivity index is 1.82. The van der Waals surface area contributed by atoms with Gasteiger partial charge in [0.15, 0.2) is 0 Å². The SMILES string of the molecule is c1ccc(Cc2ccccc2P(c2ccccc2)c2ccccc2)cc1. The summed E-state index contributed by atoms with van der Waals surface area (Å²) >= 11 is 0. The lowest BCUT2D eigenvalue weighted by Crippen LogP contribution is -2.23. The summed E-state index contributed by atoms with van der Waals surface area (Å²) in [6.45, 7) is 0. The van der Waals surface area contributed by atoms with Crippen molar-refractivity contribution in [2.75, 3.05) is 0 Å². The fourth-order valence-electron chi connectivity index (χ4n) is 3.28. The van der Waals surface area contributed by atoms with Gasteiger partial charge in [-0.25, -0.2) is 0 Å². The third kappa shape index (κ3) is 3.77. The molecule has 0 aromatic heterocycles. The van der Waals surface area contributed by atoms with Crippen molar-refractivity contribution < 1.29 is 0 Å². The van der Waals surface area contributed by atoms with Crippen LogP contribution in [0, 0.1) is 0 Å². The third-order valence-electron chi connectivity index (χ3n) is 4.50. The van der Waals surface area contributed by atoms with Crippen molar-refractivity contribution >= 4 is 23.8 Å². The van der Waals surface area contributed by atoms with Gasteiger partial charge in [0.2, 0.25) is 0 Å². The van der Waals surface area contributed by atoms with Crippen LogP contribution in [-0.2, 0) is 6.42 Å². The van der Waals surface area contributed by atoms with E-state index in [1.807, 2.05) is 0 Å². The predicted octanol–water partition coefficient (Wildman–Crippen LogP) is 5.04. The molecule has 0 unspecified atom stereocenters. The predicted molar refractivity (Wildman–Crippen MR) is 114 cm³/mol. The highest BCUT2D eigenvalue weighted by atomic mass is 31.1. The smallest absolute Gasteiger partial charge is 0.00192 e. The van der Waals surface area contributed by atoms with Gasteiger partial charge in [0.05, 0.1) is 0 Å². The zero-order chi connectivity index (χ0) is 17.6. The zero-order valence-electron chi connectivity index (χ0n) is 14.6. The van der Waals surface area contributed by atoms with E-state index in [2.05, 4.69) is 115 Å². The summed E-state index contributed by atoms with van der Waals surface area (Å²) in [5.74, 6) is 0. The fraction of sp³-hybridized carbons (Fsp3) is 0.0400. The van der Waals surface area contributed by atoms with Crippen LogP contribution < -0.4 is 15.9 Å². The lowest BCUT2D eigenvalue weighted by atomic mass is 10.1. The molecule has 0 fully saturated rings. The van der Waals surface area contributed by atoms with Crippen LogP contribution >= 0.6 is 7.92 Å². The monoisotopic (exact) mass is 352 g/mol. The van der Waals surface area contributed by atoms with Crippen LogP contribution in [0.5, 0.6) is 0 Å². The lowest BCUT2D eigenvalue weighted by Gasteiger charge is -2.22. The van der Waals surface area contributed by atoms with E-state index in [4.69, 9.17) is 0 Å². The van der Waals surface area contributed by atoms with Crippen LogP contribution in [0.4, 0.5) is 0 Å². The maximum Gasteiger partial charge on any atom is -0.00192 e. The van der Waals surface area contributed by atoms with Crippen molar-refractivity contribution in [1.29, 1.82) is 0 Å². The van der Waals surface area contributed by atoms with Gasteiger partial charge in [0, 0.05) is 0 Å². The molecule has 26 heavy (non-hydrogen) atoms. The molecule has 0 aliphatic heterocycles. The molecule has 0 atom stereocenters. The average molecular weight is 352 g/mol. The number of hydrogen-bond donors (Lipinski definition) is 0. The summed E-state index contributed by atoms with van der Waals surface area (Å²) in [7, 11) is -0.563. The Kier molecular flexibility index (Phi) is 5.24. The van der Waals surface area contributed by atoms with E-state index in [0.717, 1.165) is 6.42 Å². The molecule has 0 N–H and O–H groups in total. The first-order chi connectivity index (χ1) is 12.9. The molecule has 0 spiro atoms. The number of rotatable bonds is 5. The van der Waals surface area contributed by atoms with Crippen molar-refractivity contribution in [3.63, 3.8) is 0 Å². The van der Waals surface area contributed by atoms with Gasteiger partial charge in [-0.05, 0) is 41.4 Å². The lowest BCUT2D eigenvalue weighted by molar-refractivity contribution is 1.21. The second-order valence-corrected chi connectivity index (χ2v) is 8.48. The molecule has 0 nitrogen and oxygen atoms in total. The third-order valence-corrected chi connectivity index (χ3v) is 7.05. The molecule has 0 saturated heterocycles. The molecule has 0 radical (unpaired) electrons.